The van der Waals surface area contributed by atoms with Gasteiger partial charge in [0.1, 0.15) is 0 Å². The highest BCUT2D eigenvalue weighted by molar-refractivity contribution is 5.75. The van der Waals surface area contributed by atoms with Crippen molar-refractivity contribution < 1.29 is 14.6 Å². The first kappa shape index (κ1) is 15.7. The summed E-state index contributed by atoms with van der Waals surface area (Å²) in [6, 6.07) is 0.633. The normalized spacial score (nSPS) is 26.3. The van der Waals surface area contributed by atoms with Crippen LogP contribution in [0, 0.1) is 5.41 Å². The Morgan fingerprint density at radius 2 is 1.85 bits per heavy atom. The van der Waals surface area contributed by atoms with E-state index in [0.717, 1.165) is 26.2 Å². The van der Waals surface area contributed by atoms with Crippen molar-refractivity contribution in [3.8, 4) is 0 Å². The van der Waals surface area contributed by atoms with Gasteiger partial charge in [-0.15, -0.1) is 0 Å². The van der Waals surface area contributed by atoms with Crippen LogP contribution in [-0.2, 0) is 9.53 Å². The van der Waals surface area contributed by atoms with Crippen molar-refractivity contribution in [3.05, 3.63) is 0 Å². The zero-order chi connectivity index (χ0) is 14.6. The van der Waals surface area contributed by atoms with E-state index in [9.17, 15) is 9.90 Å². The third-order valence-corrected chi connectivity index (χ3v) is 5.05. The van der Waals surface area contributed by atoms with E-state index in [1.807, 2.05) is 0 Å². The fraction of sp³-hybridized carbons (Fsp3) is 0.933. The maximum atomic E-state index is 11.7. The molecule has 0 aromatic heterocycles. The summed E-state index contributed by atoms with van der Waals surface area (Å²) in [4.78, 5) is 16.5. The van der Waals surface area contributed by atoms with Crippen LogP contribution in [0.2, 0.25) is 0 Å². The van der Waals surface area contributed by atoms with Crippen LogP contribution in [-0.4, -0.2) is 72.9 Å². The number of nitrogens with zero attached hydrogens (tertiary/aromatic N) is 2. The van der Waals surface area contributed by atoms with Gasteiger partial charge in [-0.3, -0.25) is 14.6 Å². The molecule has 0 radical (unpaired) electrons. The fourth-order valence-electron chi connectivity index (χ4n) is 3.25. The van der Waals surface area contributed by atoms with Crippen molar-refractivity contribution in [2.75, 3.05) is 45.9 Å². The Kier molecular flexibility index (Phi) is 5.41. The molecule has 2 aliphatic rings. The number of carboxylic acids is 1. The zero-order valence-electron chi connectivity index (χ0n) is 12.8. The van der Waals surface area contributed by atoms with Crippen LogP contribution in [0.4, 0.5) is 0 Å². The van der Waals surface area contributed by atoms with Gasteiger partial charge in [0.05, 0.1) is 5.41 Å². The standard InChI is InChI=1S/C15H28N2O3/c1-3-13(2)17-8-6-16(7-9-17)12-15(14(18)19)4-10-20-11-5-15/h13H,3-12H2,1-2H3,(H,18,19). The Hall–Kier alpha value is -0.650. The summed E-state index contributed by atoms with van der Waals surface area (Å²) in [5.41, 5.74) is -0.587. The van der Waals surface area contributed by atoms with Crippen molar-refractivity contribution in [3.63, 3.8) is 0 Å². The summed E-state index contributed by atoms with van der Waals surface area (Å²) in [7, 11) is 0. The van der Waals surface area contributed by atoms with E-state index in [2.05, 4.69) is 23.6 Å². The molecule has 0 aromatic rings. The molecule has 2 rings (SSSR count). The van der Waals surface area contributed by atoms with Gasteiger partial charge < -0.3 is 9.84 Å². The SMILES string of the molecule is CCC(C)N1CCN(CC2(C(=O)O)CCOCC2)CC1. The van der Waals surface area contributed by atoms with Crippen molar-refractivity contribution in [2.24, 2.45) is 5.41 Å². The number of hydrogen-bond donors (Lipinski definition) is 1. The van der Waals surface area contributed by atoms with Gasteiger partial charge in [-0.2, -0.15) is 0 Å². The van der Waals surface area contributed by atoms with Crippen LogP contribution in [0.25, 0.3) is 0 Å². The van der Waals surface area contributed by atoms with Crippen molar-refractivity contribution in [1.29, 1.82) is 0 Å². The van der Waals surface area contributed by atoms with Crippen molar-refractivity contribution >= 4 is 5.97 Å². The van der Waals surface area contributed by atoms with E-state index in [1.54, 1.807) is 0 Å². The van der Waals surface area contributed by atoms with E-state index in [-0.39, 0.29) is 0 Å². The van der Waals surface area contributed by atoms with E-state index in [0.29, 0.717) is 38.6 Å². The van der Waals surface area contributed by atoms with E-state index in [4.69, 9.17) is 4.74 Å². The molecule has 0 aromatic carbocycles. The van der Waals surface area contributed by atoms with Gasteiger partial charge in [0.15, 0.2) is 0 Å². The molecule has 1 atom stereocenters. The number of carbonyl (C=O) groups is 1. The molecule has 20 heavy (non-hydrogen) atoms. The predicted octanol–water partition coefficient (Wildman–Crippen LogP) is 1.28. The van der Waals surface area contributed by atoms with E-state index >= 15 is 0 Å². The third kappa shape index (κ3) is 3.51. The van der Waals surface area contributed by atoms with Gasteiger partial charge in [0.25, 0.3) is 0 Å². The van der Waals surface area contributed by atoms with Crippen LogP contribution in [0.15, 0.2) is 0 Å². The van der Waals surface area contributed by atoms with Gasteiger partial charge in [-0.1, -0.05) is 6.92 Å². The number of ether oxygens (including phenoxy) is 1. The van der Waals surface area contributed by atoms with Gasteiger partial charge in [-0.05, 0) is 26.2 Å². The lowest BCUT2D eigenvalue weighted by Crippen LogP contribution is -2.54. The highest BCUT2D eigenvalue weighted by atomic mass is 16.5. The second-order valence-corrected chi connectivity index (χ2v) is 6.27. The molecule has 0 amide bonds. The Labute approximate surface area is 121 Å². The summed E-state index contributed by atoms with van der Waals surface area (Å²) in [5.74, 6) is -0.648. The number of piperazine rings is 1. The molecule has 2 heterocycles. The lowest BCUT2D eigenvalue weighted by molar-refractivity contribution is -0.157. The van der Waals surface area contributed by atoms with E-state index < -0.39 is 11.4 Å². The monoisotopic (exact) mass is 284 g/mol. The van der Waals surface area contributed by atoms with Crippen LogP contribution in [0.5, 0.6) is 0 Å². The fourth-order valence-corrected chi connectivity index (χ4v) is 3.25. The molecule has 1 N–H and O–H groups in total. The Bertz CT molecular complexity index is 321. The summed E-state index contributed by atoms with van der Waals surface area (Å²) in [6.45, 7) is 10.4. The zero-order valence-corrected chi connectivity index (χ0v) is 12.8. The first-order valence-corrected chi connectivity index (χ1v) is 7.85. The number of hydrogen-bond acceptors (Lipinski definition) is 4. The minimum absolute atomic E-state index is 0.582. The van der Waals surface area contributed by atoms with Crippen LogP contribution in [0.3, 0.4) is 0 Å². The van der Waals surface area contributed by atoms with Crippen LogP contribution < -0.4 is 0 Å². The van der Waals surface area contributed by atoms with Gasteiger partial charge in [0.2, 0.25) is 0 Å². The molecule has 1 unspecified atom stereocenters. The number of aliphatic carboxylic acids is 1. The highest BCUT2D eigenvalue weighted by Gasteiger charge is 2.42. The number of carboxylic acid groups (broad SMARTS) is 1. The molecule has 2 fully saturated rings. The average molecular weight is 284 g/mol. The molecular formula is C15H28N2O3. The van der Waals surface area contributed by atoms with Gasteiger partial charge in [-0.25, -0.2) is 0 Å². The molecule has 2 aliphatic heterocycles. The molecule has 5 heteroatoms. The quantitative estimate of drug-likeness (QED) is 0.824. The smallest absolute Gasteiger partial charge is 0.311 e. The second-order valence-electron chi connectivity index (χ2n) is 6.27. The Morgan fingerprint density at radius 1 is 1.25 bits per heavy atom. The first-order chi connectivity index (χ1) is 9.57. The predicted molar refractivity (Wildman–Crippen MR) is 77.9 cm³/mol. The third-order valence-electron chi connectivity index (χ3n) is 5.05. The summed E-state index contributed by atoms with van der Waals surface area (Å²) >= 11 is 0. The molecule has 5 nitrogen and oxygen atoms in total. The molecule has 2 saturated heterocycles. The lowest BCUT2D eigenvalue weighted by Gasteiger charge is -2.42. The van der Waals surface area contributed by atoms with Gasteiger partial charge >= 0.3 is 5.97 Å². The summed E-state index contributed by atoms with van der Waals surface area (Å²) < 4.78 is 5.34. The van der Waals surface area contributed by atoms with Crippen molar-refractivity contribution in [2.45, 2.75) is 39.2 Å². The molecule has 0 spiro atoms. The largest absolute Gasteiger partial charge is 0.481 e. The van der Waals surface area contributed by atoms with E-state index in [1.165, 1.54) is 6.42 Å². The topological polar surface area (TPSA) is 53.0 Å². The average Bonchev–Trinajstić information content (AvgIpc) is 2.48. The first-order valence-electron chi connectivity index (χ1n) is 7.85. The molecular weight excluding hydrogens is 256 g/mol. The van der Waals surface area contributed by atoms with Crippen molar-refractivity contribution in [1.82, 2.24) is 9.80 Å². The maximum Gasteiger partial charge on any atom is 0.311 e. The van der Waals surface area contributed by atoms with Crippen LogP contribution in [0.1, 0.15) is 33.1 Å². The maximum absolute atomic E-state index is 11.7. The van der Waals surface area contributed by atoms with Crippen LogP contribution >= 0.6 is 0 Å². The highest BCUT2D eigenvalue weighted by Crippen LogP contribution is 2.32. The second kappa shape index (κ2) is 6.87. The van der Waals surface area contributed by atoms with Gasteiger partial charge in [0, 0.05) is 52.0 Å². The number of rotatable bonds is 5. The summed E-state index contributed by atoms with van der Waals surface area (Å²) in [6.07, 6.45) is 2.47. The minimum atomic E-state index is -0.648. The minimum Gasteiger partial charge on any atom is -0.481 e. The molecule has 116 valence electrons. The lowest BCUT2D eigenvalue weighted by atomic mass is 9.79. The Morgan fingerprint density at radius 3 is 2.35 bits per heavy atom. The molecule has 0 saturated carbocycles. The molecule has 0 bridgehead atoms. The molecule has 0 aliphatic carbocycles. The summed E-state index contributed by atoms with van der Waals surface area (Å²) in [5, 5.41) is 9.61. The Balaban J connectivity index is 1.88.